The number of hydrogen-bond donors (Lipinski definition) is 2. The Bertz CT molecular complexity index is 958. The number of anilines is 3. The zero-order chi connectivity index (χ0) is 19.9. The van der Waals surface area contributed by atoms with Gasteiger partial charge in [-0.05, 0) is 30.5 Å². The van der Waals surface area contributed by atoms with Crippen molar-refractivity contribution < 1.29 is 14.3 Å². The van der Waals surface area contributed by atoms with Crippen molar-refractivity contribution in [1.29, 1.82) is 0 Å². The van der Waals surface area contributed by atoms with Crippen LogP contribution in [-0.2, 0) is 16.1 Å². The number of nitrogens with zero attached hydrogens (tertiary/aromatic N) is 3. The van der Waals surface area contributed by atoms with Gasteiger partial charge in [0.15, 0.2) is 18.2 Å². The second-order valence-corrected chi connectivity index (χ2v) is 6.93. The number of aromatic nitrogens is 3. The molecule has 0 saturated heterocycles. The minimum atomic E-state index is -0.503. The molecule has 0 radical (unpaired) electrons. The van der Waals surface area contributed by atoms with Crippen LogP contribution >= 0.6 is 11.3 Å². The van der Waals surface area contributed by atoms with E-state index in [0.717, 1.165) is 11.3 Å². The van der Waals surface area contributed by atoms with Crippen LogP contribution in [0.1, 0.15) is 33.9 Å². The fraction of sp³-hybridized carbons (Fsp3) is 0.211. The molecule has 0 saturated carbocycles. The molecule has 0 bridgehead atoms. The Kier molecular flexibility index (Phi) is 6.28. The summed E-state index contributed by atoms with van der Waals surface area (Å²) in [7, 11) is 0. The third-order valence-electron chi connectivity index (χ3n) is 3.72. The maximum atomic E-state index is 11.9. The second-order valence-electron chi connectivity index (χ2n) is 5.99. The zero-order valence-corrected chi connectivity index (χ0v) is 16.0. The monoisotopic (exact) mass is 397 g/mol. The fourth-order valence-electron chi connectivity index (χ4n) is 2.32. The molecule has 0 aliphatic carbocycles. The minimum absolute atomic E-state index is 0.00816. The molecular weight excluding hydrogens is 378 g/mol. The predicted octanol–water partition coefficient (Wildman–Crippen LogP) is 3.27. The van der Waals surface area contributed by atoms with Crippen LogP contribution in [0.4, 0.5) is 17.6 Å². The van der Waals surface area contributed by atoms with Crippen LogP contribution in [0.3, 0.4) is 0 Å². The number of carbonyl (C=O) groups excluding carboxylic acids is 2. The van der Waals surface area contributed by atoms with Crippen molar-refractivity contribution in [1.82, 2.24) is 15.0 Å². The number of nitrogens with two attached hydrogens (primary N) is 1. The van der Waals surface area contributed by atoms with Gasteiger partial charge in [-0.2, -0.15) is 15.0 Å². The average molecular weight is 397 g/mol. The highest BCUT2D eigenvalue weighted by molar-refractivity contribution is 7.12. The van der Waals surface area contributed by atoms with Gasteiger partial charge in [-0.15, -0.1) is 11.3 Å². The van der Waals surface area contributed by atoms with Crippen LogP contribution in [0, 0.1) is 6.92 Å². The third-order valence-corrected chi connectivity index (χ3v) is 4.63. The minimum Gasteiger partial charge on any atom is -0.457 e. The Morgan fingerprint density at radius 2 is 1.89 bits per heavy atom. The first-order valence-corrected chi connectivity index (χ1v) is 9.44. The van der Waals surface area contributed by atoms with Crippen LogP contribution in [0.5, 0.6) is 0 Å². The molecule has 1 aromatic carbocycles. The lowest BCUT2D eigenvalue weighted by Crippen LogP contribution is -2.12. The number of nitrogen functional groups attached to an aromatic ring is 1. The van der Waals surface area contributed by atoms with Gasteiger partial charge in [-0.25, -0.2) is 0 Å². The average Bonchev–Trinajstić information content (AvgIpc) is 3.21. The van der Waals surface area contributed by atoms with Crippen molar-refractivity contribution in [3.8, 4) is 0 Å². The van der Waals surface area contributed by atoms with Crippen molar-refractivity contribution in [3.05, 3.63) is 58.0 Å². The van der Waals surface area contributed by atoms with Crippen LogP contribution in [0.15, 0.2) is 41.8 Å². The number of hydrogen-bond acceptors (Lipinski definition) is 9. The van der Waals surface area contributed by atoms with Gasteiger partial charge in [0.2, 0.25) is 11.9 Å². The maximum Gasteiger partial charge on any atom is 0.306 e. The van der Waals surface area contributed by atoms with Gasteiger partial charge in [-0.3, -0.25) is 9.59 Å². The molecule has 28 heavy (non-hydrogen) atoms. The quantitative estimate of drug-likeness (QED) is 0.439. The van der Waals surface area contributed by atoms with E-state index in [1.54, 1.807) is 12.1 Å². The number of thiophene rings is 1. The first-order valence-electron chi connectivity index (χ1n) is 8.56. The molecule has 2 aromatic heterocycles. The van der Waals surface area contributed by atoms with Gasteiger partial charge in [0.05, 0.1) is 11.3 Å². The summed E-state index contributed by atoms with van der Waals surface area (Å²) in [4.78, 5) is 36.6. The summed E-state index contributed by atoms with van der Waals surface area (Å²) in [6.45, 7) is 1.84. The molecule has 9 heteroatoms. The highest BCUT2D eigenvalue weighted by atomic mass is 32.1. The molecule has 3 aromatic rings. The molecule has 2 heterocycles. The highest BCUT2D eigenvalue weighted by Gasteiger charge is 2.12. The Balaban J connectivity index is 1.53. The first kappa shape index (κ1) is 19.4. The van der Waals surface area contributed by atoms with Crippen LogP contribution in [-0.4, -0.2) is 26.7 Å². The number of aryl methyl sites for hydroxylation is 1. The van der Waals surface area contributed by atoms with E-state index in [-0.39, 0.29) is 43.0 Å². The Morgan fingerprint density at radius 1 is 1.11 bits per heavy atom. The molecule has 0 unspecified atom stereocenters. The van der Waals surface area contributed by atoms with Crippen molar-refractivity contribution in [2.24, 2.45) is 0 Å². The number of Topliss-reactive ketones (excluding diaryl/α,β-unsaturated/α-hetero) is 1. The number of benzene rings is 1. The number of ether oxygens (including phenoxy) is 1. The Labute approximate surface area is 165 Å². The van der Waals surface area contributed by atoms with Crippen molar-refractivity contribution in [3.63, 3.8) is 0 Å². The number of ketones is 1. The molecule has 0 aliphatic rings. The normalized spacial score (nSPS) is 10.5. The Morgan fingerprint density at radius 3 is 2.61 bits per heavy atom. The maximum absolute atomic E-state index is 11.9. The molecule has 0 spiro atoms. The summed E-state index contributed by atoms with van der Waals surface area (Å²) in [5.41, 5.74) is 7.64. The van der Waals surface area contributed by atoms with Gasteiger partial charge in [0, 0.05) is 12.1 Å². The molecule has 0 fully saturated rings. The van der Waals surface area contributed by atoms with Gasteiger partial charge < -0.3 is 15.8 Å². The summed E-state index contributed by atoms with van der Waals surface area (Å²) >= 11 is 1.35. The molecule has 3 rings (SSSR count). The Hall–Kier alpha value is -3.33. The third kappa shape index (κ3) is 5.58. The van der Waals surface area contributed by atoms with E-state index in [4.69, 9.17) is 10.5 Å². The number of rotatable bonds is 8. The summed E-state index contributed by atoms with van der Waals surface area (Å²) in [5, 5.41) is 4.85. The van der Waals surface area contributed by atoms with Crippen LogP contribution in [0.2, 0.25) is 0 Å². The van der Waals surface area contributed by atoms with Crippen molar-refractivity contribution in [2.45, 2.75) is 26.4 Å². The SMILES string of the molecule is Cc1ccc(Nc2nc(N)nc(COC(=O)CCC(=O)c3cccs3)n2)cc1. The van der Waals surface area contributed by atoms with Gasteiger partial charge in [-0.1, -0.05) is 23.8 Å². The van der Waals surface area contributed by atoms with E-state index in [1.807, 2.05) is 36.6 Å². The van der Waals surface area contributed by atoms with E-state index in [1.165, 1.54) is 11.3 Å². The molecule has 8 nitrogen and oxygen atoms in total. The second kappa shape index (κ2) is 9.05. The number of carbonyl (C=O) groups is 2. The lowest BCUT2D eigenvalue weighted by molar-refractivity contribution is -0.145. The molecule has 0 aliphatic heterocycles. The predicted molar refractivity (Wildman–Crippen MR) is 106 cm³/mol. The molecule has 3 N–H and O–H groups in total. The summed E-state index contributed by atoms with van der Waals surface area (Å²) in [6, 6.07) is 11.2. The lowest BCUT2D eigenvalue weighted by Gasteiger charge is -2.08. The van der Waals surface area contributed by atoms with Gasteiger partial charge in [0.25, 0.3) is 0 Å². The summed E-state index contributed by atoms with van der Waals surface area (Å²) < 4.78 is 5.15. The van der Waals surface area contributed by atoms with Crippen molar-refractivity contribution >= 4 is 40.7 Å². The van der Waals surface area contributed by atoms with E-state index in [0.29, 0.717) is 4.88 Å². The van der Waals surface area contributed by atoms with Crippen molar-refractivity contribution in [2.75, 3.05) is 11.1 Å². The first-order chi connectivity index (χ1) is 13.5. The number of esters is 1. The van der Waals surface area contributed by atoms with Gasteiger partial charge in [0.1, 0.15) is 0 Å². The molecule has 0 atom stereocenters. The van der Waals surface area contributed by atoms with Gasteiger partial charge >= 0.3 is 5.97 Å². The van der Waals surface area contributed by atoms with E-state index in [9.17, 15) is 9.59 Å². The summed E-state index contributed by atoms with van der Waals surface area (Å²) in [6.07, 6.45) is 0.0880. The fourth-order valence-corrected chi connectivity index (χ4v) is 3.01. The molecule has 0 amide bonds. The highest BCUT2D eigenvalue weighted by Crippen LogP contribution is 2.15. The topological polar surface area (TPSA) is 120 Å². The standard InChI is InChI=1S/C19H19N5O3S/c1-12-4-6-13(7-5-12)21-19-23-16(22-18(20)24-19)11-27-17(26)9-8-14(25)15-3-2-10-28-15/h2-7,10H,8-9,11H2,1H3,(H3,20,21,22,23,24). The van der Waals surface area contributed by atoms with E-state index >= 15 is 0 Å². The zero-order valence-electron chi connectivity index (χ0n) is 15.2. The van der Waals surface area contributed by atoms with E-state index in [2.05, 4.69) is 20.3 Å². The summed E-state index contributed by atoms with van der Waals surface area (Å²) in [5.74, 6) is -0.0864. The van der Waals surface area contributed by atoms with Crippen LogP contribution in [0.25, 0.3) is 0 Å². The molecular formula is C19H19N5O3S. The smallest absolute Gasteiger partial charge is 0.306 e. The largest absolute Gasteiger partial charge is 0.457 e. The van der Waals surface area contributed by atoms with E-state index < -0.39 is 5.97 Å². The van der Waals surface area contributed by atoms with Crippen LogP contribution < -0.4 is 11.1 Å². The molecule has 144 valence electrons. The lowest BCUT2D eigenvalue weighted by atomic mass is 10.2. The number of nitrogens with one attached hydrogen (secondary N) is 1.